The number of aryl methyl sites for hydroxylation is 1. The van der Waals surface area contributed by atoms with Crippen molar-refractivity contribution in [2.24, 2.45) is 0 Å². The van der Waals surface area contributed by atoms with Crippen molar-refractivity contribution in [3.8, 4) is 22.6 Å². The van der Waals surface area contributed by atoms with E-state index in [1.807, 2.05) is 37.3 Å². The molecule has 0 spiro atoms. The number of hydrogen-bond acceptors (Lipinski definition) is 7. The van der Waals surface area contributed by atoms with Gasteiger partial charge in [-0.3, -0.25) is 0 Å². The Balaban J connectivity index is 1.32. The topological polar surface area (TPSA) is 84.7 Å². The summed E-state index contributed by atoms with van der Waals surface area (Å²) in [6.07, 6.45) is 6.97. The van der Waals surface area contributed by atoms with Crippen LogP contribution in [0.25, 0.3) is 22.6 Å². The van der Waals surface area contributed by atoms with E-state index in [1.54, 1.807) is 11.0 Å². The van der Waals surface area contributed by atoms with Crippen molar-refractivity contribution in [3.05, 3.63) is 60.8 Å². The summed E-state index contributed by atoms with van der Waals surface area (Å²) < 4.78 is 0. The molecule has 2 aromatic carbocycles. The Morgan fingerprint density at radius 2 is 1.73 bits per heavy atom. The maximum absolute atomic E-state index is 4.76. The molecule has 0 saturated carbocycles. The van der Waals surface area contributed by atoms with Gasteiger partial charge in [-0.25, -0.2) is 9.97 Å². The third kappa shape index (κ3) is 5.00. The first-order valence-electron chi connectivity index (χ1n) is 11.6. The fraction of sp³-hybridized carbons (Fsp3) is 0.320. The van der Waals surface area contributed by atoms with Gasteiger partial charge in [0.2, 0.25) is 11.8 Å². The van der Waals surface area contributed by atoms with Gasteiger partial charge in [0.15, 0.2) is 0 Å². The standard InChI is InChI=1S/C25H28N8/c1-2-33-30-24(29-31-33)19-10-12-21(13-11-19)27-25-26-15-14-23(28-25)20-8-7-9-22(18-20)32-16-5-3-4-6-17-32/h7-15,18H,2-6,16-17H2,1H3,(H,26,27,28). The van der Waals surface area contributed by atoms with Gasteiger partial charge in [0.05, 0.1) is 12.2 Å². The molecule has 33 heavy (non-hydrogen) atoms. The molecule has 0 aliphatic carbocycles. The molecular weight excluding hydrogens is 412 g/mol. The average molecular weight is 441 g/mol. The lowest BCUT2D eigenvalue weighted by atomic mass is 10.1. The number of anilines is 3. The van der Waals surface area contributed by atoms with Gasteiger partial charge >= 0.3 is 0 Å². The van der Waals surface area contributed by atoms with Crippen LogP contribution in [0.1, 0.15) is 32.6 Å². The summed E-state index contributed by atoms with van der Waals surface area (Å²) in [6.45, 7) is 4.93. The second-order valence-corrected chi connectivity index (χ2v) is 8.22. The quantitative estimate of drug-likeness (QED) is 0.454. The lowest BCUT2D eigenvalue weighted by molar-refractivity contribution is 0.553. The minimum Gasteiger partial charge on any atom is -0.372 e. The maximum Gasteiger partial charge on any atom is 0.227 e. The molecule has 1 fully saturated rings. The number of aromatic nitrogens is 6. The first-order valence-corrected chi connectivity index (χ1v) is 11.6. The van der Waals surface area contributed by atoms with Crippen molar-refractivity contribution >= 4 is 17.3 Å². The predicted octanol–water partition coefficient (Wildman–Crippen LogP) is 4.94. The first kappa shape index (κ1) is 21.1. The van der Waals surface area contributed by atoms with E-state index in [-0.39, 0.29) is 0 Å². The summed E-state index contributed by atoms with van der Waals surface area (Å²) >= 11 is 0. The molecule has 168 valence electrons. The Kier molecular flexibility index (Phi) is 6.23. The number of nitrogens with one attached hydrogen (secondary N) is 1. The van der Waals surface area contributed by atoms with Crippen LogP contribution >= 0.6 is 0 Å². The molecule has 1 aliphatic heterocycles. The maximum atomic E-state index is 4.76. The minimum atomic E-state index is 0.565. The fourth-order valence-electron chi connectivity index (χ4n) is 4.09. The molecule has 8 heteroatoms. The zero-order valence-corrected chi connectivity index (χ0v) is 18.9. The van der Waals surface area contributed by atoms with E-state index in [1.165, 1.54) is 31.4 Å². The highest BCUT2D eigenvalue weighted by molar-refractivity contribution is 5.67. The van der Waals surface area contributed by atoms with Gasteiger partial charge in [-0.1, -0.05) is 25.0 Å². The van der Waals surface area contributed by atoms with Gasteiger partial charge in [-0.05, 0) is 67.4 Å². The predicted molar refractivity (Wildman–Crippen MR) is 130 cm³/mol. The molecule has 8 nitrogen and oxygen atoms in total. The monoisotopic (exact) mass is 440 g/mol. The Hall–Kier alpha value is -3.81. The van der Waals surface area contributed by atoms with E-state index >= 15 is 0 Å². The van der Waals surface area contributed by atoms with Crippen LogP contribution in [0.4, 0.5) is 17.3 Å². The highest BCUT2D eigenvalue weighted by Gasteiger charge is 2.12. The lowest BCUT2D eigenvalue weighted by Crippen LogP contribution is -2.23. The zero-order valence-electron chi connectivity index (χ0n) is 18.9. The molecule has 0 radical (unpaired) electrons. The van der Waals surface area contributed by atoms with E-state index in [4.69, 9.17) is 4.98 Å². The molecule has 0 bridgehead atoms. The molecule has 0 amide bonds. The van der Waals surface area contributed by atoms with Crippen molar-refractivity contribution in [3.63, 3.8) is 0 Å². The lowest BCUT2D eigenvalue weighted by Gasteiger charge is -2.23. The van der Waals surface area contributed by atoms with Gasteiger partial charge in [-0.15, -0.1) is 10.2 Å². The molecule has 4 aromatic rings. The highest BCUT2D eigenvalue weighted by Crippen LogP contribution is 2.26. The Bertz CT molecular complexity index is 1190. The van der Waals surface area contributed by atoms with Crippen LogP contribution in [0.2, 0.25) is 0 Å². The molecule has 1 aliphatic rings. The van der Waals surface area contributed by atoms with Crippen LogP contribution in [0.15, 0.2) is 60.8 Å². The van der Waals surface area contributed by atoms with Crippen molar-refractivity contribution in [1.29, 1.82) is 0 Å². The molecule has 2 aromatic heterocycles. The molecular formula is C25H28N8. The summed E-state index contributed by atoms with van der Waals surface area (Å²) in [5, 5.41) is 15.8. The first-order chi connectivity index (χ1) is 16.3. The highest BCUT2D eigenvalue weighted by atomic mass is 15.6. The molecule has 0 atom stereocenters. The number of hydrogen-bond donors (Lipinski definition) is 1. The summed E-state index contributed by atoms with van der Waals surface area (Å²) in [6, 6.07) is 18.5. The van der Waals surface area contributed by atoms with E-state index in [0.29, 0.717) is 18.3 Å². The second kappa shape index (κ2) is 9.77. The average Bonchev–Trinajstić information content (AvgIpc) is 3.18. The van der Waals surface area contributed by atoms with Gasteiger partial charge in [0.1, 0.15) is 0 Å². The van der Waals surface area contributed by atoms with E-state index in [0.717, 1.165) is 35.6 Å². The number of nitrogens with zero attached hydrogens (tertiary/aromatic N) is 7. The third-order valence-electron chi connectivity index (χ3n) is 5.90. The van der Waals surface area contributed by atoms with E-state index in [2.05, 4.69) is 54.9 Å². The van der Waals surface area contributed by atoms with Gasteiger partial charge < -0.3 is 10.2 Å². The molecule has 1 saturated heterocycles. The van der Waals surface area contributed by atoms with Crippen molar-refractivity contribution in [2.75, 3.05) is 23.3 Å². The Morgan fingerprint density at radius 3 is 2.48 bits per heavy atom. The van der Waals surface area contributed by atoms with Gasteiger partial charge in [0, 0.05) is 41.8 Å². The third-order valence-corrected chi connectivity index (χ3v) is 5.90. The number of rotatable bonds is 6. The molecule has 0 unspecified atom stereocenters. The van der Waals surface area contributed by atoms with Crippen LogP contribution in [-0.2, 0) is 6.54 Å². The molecule has 1 N–H and O–H groups in total. The Morgan fingerprint density at radius 1 is 0.909 bits per heavy atom. The van der Waals surface area contributed by atoms with Crippen LogP contribution in [-0.4, -0.2) is 43.3 Å². The molecule has 3 heterocycles. The van der Waals surface area contributed by atoms with Gasteiger partial charge in [-0.2, -0.15) is 4.80 Å². The zero-order chi connectivity index (χ0) is 22.5. The van der Waals surface area contributed by atoms with Gasteiger partial charge in [0.25, 0.3) is 0 Å². The summed E-state index contributed by atoms with van der Waals surface area (Å²) in [5.74, 6) is 1.18. The Labute approximate surface area is 193 Å². The minimum absolute atomic E-state index is 0.565. The van der Waals surface area contributed by atoms with E-state index in [9.17, 15) is 0 Å². The number of tetrazole rings is 1. The van der Waals surface area contributed by atoms with Crippen molar-refractivity contribution in [1.82, 2.24) is 30.2 Å². The summed E-state index contributed by atoms with van der Waals surface area (Å²) in [4.78, 5) is 13.2. The van der Waals surface area contributed by atoms with Crippen molar-refractivity contribution in [2.45, 2.75) is 39.2 Å². The summed E-state index contributed by atoms with van der Waals surface area (Å²) in [7, 11) is 0. The fourth-order valence-corrected chi connectivity index (χ4v) is 4.09. The van der Waals surface area contributed by atoms with Crippen LogP contribution < -0.4 is 10.2 Å². The van der Waals surface area contributed by atoms with Crippen molar-refractivity contribution < 1.29 is 0 Å². The number of benzene rings is 2. The smallest absolute Gasteiger partial charge is 0.227 e. The SMILES string of the molecule is CCn1nnc(-c2ccc(Nc3nccc(-c4cccc(N5CCCCCC5)c4)n3)cc2)n1. The van der Waals surface area contributed by atoms with E-state index < -0.39 is 0 Å². The van der Waals surface area contributed by atoms with Crippen LogP contribution in [0.5, 0.6) is 0 Å². The van der Waals surface area contributed by atoms with Crippen LogP contribution in [0, 0.1) is 0 Å². The second-order valence-electron chi connectivity index (χ2n) is 8.22. The van der Waals surface area contributed by atoms with Crippen LogP contribution in [0.3, 0.4) is 0 Å². The molecule has 5 rings (SSSR count). The largest absolute Gasteiger partial charge is 0.372 e. The normalized spacial score (nSPS) is 14.2. The summed E-state index contributed by atoms with van der Waals surface area (Å²) in [5.41, 5.74) is 5.09.